The van der Waals surface area contributed by atoms with Gasteiger partial charge in [0.1, 0.15) is 17.4 Å². The molecule has 162 valence electrons. The maximum absolute atomic E-state index is 14.3. The second-order valence-corrected chi connectivity index (χ2v) is 7.01. The largest absolute Gasteiger partial charge is 0.482 e. The van der Waals surface area contributed by atoms with Crippen LogP contribution in [-0.2, 0) is 9.53 Å². The van der Waals surface area contributed by atoms with Crippen molar-refractivity contribution in [2.45, 2.75) is 20.0 Å². The number of halogens is 2. The third kappa shape index (κ3) is 6.12. The second kappa shape index (κ2) is 9.84. The summed E-state index contributed by atoms with van der Waals surface area (Å²) in [5.74, 6) is -1.98. The van der Waals surface area contributed by atoms with Crippen molar-refractivity contribution in [1.29, 1.82) is 0 Å². The summed E-state index contributed by atoms with van der Waals surface area (Å²) in [6.45, 7) is 3.19. The van der Waals surface area contributed by atoms with Crippen LogP contribution in [0.25, 0.3) is 11.1 Å². The Morgan fingerprint density at radius 3 is 2.45 bits per heavy atom. The van der Waals surface area contributed by atoms with E-state index in [1.165, 1.54) is 36.4 Å². The van der Waals surface area contributed by atoms with E-state index >= 15 is 0 Å². The van der Waals surface area contributed by atoms with Gasteiger partial charge in [-0.05, 0) is 61.4 Å². The number of hydrogen-bond acceptors (Lipinski definition) is 4. The molecular formula is C24H23F2NO4. The monoisotopic (exact) mass is 427 g/mol. The highest BCUT2D eigenvalue weighted by molar-refractivity contribution is 6.05. The van der Waals surface area contributed by atoms with Gasteiger partial charge in [-0.1, -0.05) is 24.3 Å². The fraction of sp³-hybridized carbons (Fsp3) is 0.167. The number of carbonyl (C=O) groups is 2. The van der Waals surface area contributed by atoms with Crippen LogP contribution in [0.4, 0.5) is 14.5 Å². The Morgan fingerprint density at radius 1 is 0.968 bits per heavy atom. The number of nitrogens with one attached hydrogen (secondary N) is 1. The van der Waals surface area contributed by atoms with Crippen LogP contribution in [0.1, 0.15) is 25.6 Å². The van der Waals surface area contributed by atoms with Gasteiger partial charge in [-0.2, -0.15) is 0 Å². The van der Waals surface area contributed by atoms with Gasteiger partial charge in [0, 0.05) is 13.2 Å². The van der Waals surface area contributed by atoms with Crippen LogP contribution in [-0.4, -0.2) is 24.6 Å². The van der Waals surface area contributed by atoms with Gasteiger partial charge in [-0.15, -0.1) is 0 Å². The van der Waals surface area contributed by atoms with Crippen molar-refractivity contribution in [3.63, 3.8) is 0 Å². The predicted octanol–water partition coefficient (Wildman–Crippen LogP) is 5.46. The number of amides is 1. The van der Waals surface area contributed by atoms with Crippen molar-refractivity contribution < 1.29 is 29.3 Å². The van der Waals surface area contributed by atoms with Crippen LogP contribution in [0.3, 0.4) is 0 Å². The van der Waals surface area contributed by atoms with E-state index in [-0.39, 0.29) is 19.7 Å². The van der Waals surface area contributed by atoms with Gasteiger partial charge in [-0.25, -0.2) is 13.6 Å². The maximum atomic E-state index is 14.3. The third-order valence-corrected chi connectivity index (χ3v) is 4.18. The molecule has 0 spiro atoms. The SMILES string of the molecule is CC(C)OC(=O)COc1cccc(NC(=O)c2cc(-c3cccc(F)c3)ccc2F)c1.[HH]. The lowest BCUT2D eigenvalue weighted by Crippen LogP contribution is -2.18. The molecule has 0 unspecified atom stereocenters. The molecular weight excluding hydrogens is 404 g/mol. The summed E-state index contributed by atoms with van der Waals surface area (Å²) in [4.78, 5) is 24.2. The van der Waals surface area contributed by atoms with E-state index in [0.29, 0.717) is 22.6 Å². The van der Waals surface area contributed by atoms with E-state index in [9.17, 15) is 18.4 Å². The number of hydrogen-bond donors (Lipinski definition) is 1. The first kappa shape index (κ1) is 22.0. The molecule has 1 N–H and O–H groups in total. The normalized spacial score (nSPS) is 10.6. The van der Waals surface area contributed by atoms with Gasteiger partial charge in [0.15, 0.2) is 6.61 Å². The average molecular weight is 427 g/mol. The smallest absolute Gasteiger partial charge is 0.344 e. The van der Waals surface area contributed by atoms with Gasteiger partial charge >= 0.3 is 5.97 Å². The Kier molecular flexibility index (Phi) is 6.97. The first-order valence-corrected chi connectivity index (χ1v) is 9.61. The minimum Gasteiger partial charge on any atom is -0.482 e. The number of benzene rings is 3. The lowest BCUT2D eigenvalue weighted by atomic mass is 10.0. The number of carbonyl (C=O) groups excluding carboxylic acids is 2. The molecule has 3 rings (SSSR count). The van der Waals surface area contributed by atoms with Gasteiger partial charge in [0.25, 0.3) is 5.91 Å². The third-order valence-electron chi connectivity index (χ3n) is 4.18. The van der Waals surface area contributed by atoms with Crippen LogP contribution < -0.4 is 10.1 Å². The lowest BCUT2D eigenvalue weighted by Gasteiger charge is -2.11. The van der Waals surface area contributed by atoms with Crippen molar-refractivity contribution in [3.05, 3.63) is 83.9 Å². The van der Waals surface area contributed by atoms with Crippen LogP contribution in [0.15, 0.2) is 66.7 Å². The molecule has 3 aromatic carbocycles. The molecule has 1 amide bonds. The summed E-state index contributed by atoms with van der Waals surface area (Å²) in [5.41, 5.74) is 1.20. The predicted molar refractivity (Wildman–Crippen MR) is 115 cm³/mol. The molecule has 0 aromatic heterocycles. The van der Waals surface area contributed by atoms with Gasteiger partial charge < -0.3 is 14.8 Å². The zero-order chi connectivity index (χ0) is 22.4. The van der Waals surface area contributed by atoms with Crippen LogP contribution in [0.2, 0.25) is 0 Å². The average Bonchev–Trinajstić information content (AvgIpc) is 2.72. The van der Waals surface area contributed by atoms with Crippen molar-refractivity contribution in [2.24, 2.45) is 0 Å². The summed E-state index contributed by atoms with van der Waals surface area (Å²) < 4.78 is 38.2. The van der Waals surface area contributed by atoms with Crippen LogP contribution in [0.5, 0.6) is 5.75 Å². The van der Waals surface area contributed by atoms with Gasteiger partial charge in [-0.3, -0.25) is 4.79 Å². The van der Waals surface area contributed by atoms with Crippen LogP contribution >= 0.6 is 0 Å². The zero-order valence-corrected chi connectivity index (χ0v) is 17.0. The quantitative estimate of drug-likeness (QED) is 0.509. The lowest BCUT2D eigenvalue weighted by molar-refractivity contribution is -0.149. The van der Waals surface area contributed by atoms with E-state index in [4.69, 9.17) is 9.47 Å². The highest BCUT2D eigenvalue weighted by Crippen LogP contribution is 2.24. The first-order valence-electron chi connectivity index (χ1n) is 9.61. The molecule has 31 heavy (non-hydrogen) atoms. The molecule has 0 aliphatic rings. The van der Waals surface area contributed by atoms with E-state index in [2.05, 4.69) is 5.32 Å². The minimum atomic E-state index is -0.707. The zero-order valence-electron chi connectivity index (χ0n) is 17.0. The molecule has 0 saturated heterocycles. The Balaban J connectivity index is 0.00000363. The van der Waals surface area contributed by atoms with E-state index < -0.39 is 23.5 Å². The molecule has 0 aliphatic carbocycles. The summed E-state index contributed by atoms with van der Waals surface area (Å²) in [6.07, 6.45) is -0.250. The van der Waals surface area contributed by atoms with Gasteiger partial charge in [0.05, 0.1) is 11.7 Å². The van der Waals surface area contributed by atoms with E-state index in [1.54, 1.807) is 38.1 Å². The van der Waals surface area contributed by atoms with Crippen molar-refractivity contribution in [1.82, 2.24) is 0 Å². The minimum absolute atomic E-state index is 0. The Bertz CT molecular complexity index is 1100. The molecule has 7 heteroatoms. The summed E-state index contributed by atoms with van der Waals surface area (Å²) in [6, 6.07) is 16.2. The Hall–Kier alpha value is -3.74. The molecule has 0 atom stereocenters. The van der Waals surface area contributed by atoms with E-state index in [0.717, 1.165) is 6.07 Å². The molecule has 0 aliphatic heterocycles. The topological polar surface area (TPSA) is 64.6 Å². The second-order valence-electron chi connectivity index (χ2n) is 7.01. The molecule has 0 bridgehead atoms. The standard InChI is InChI=1S/C24H21F2NO4.H2/c1-15(2)31-23(28)14-30-20-8-4-7-19(13-20)27-24(29)21-12-17(9-10-22(21)26)16-5-3-6-18(25)11-16;/h3-13,15H,14H2,1-2H3,(H,27,29);1H. The molecule has 0 heterocycles. The van der Waals surface area contributed by atoms with Gasteiger partial charge in [0.2, 0.25) is 0 Å². The number of esters is 1. The Morgan fingerprint density at radius 2 is 1.71 bits per heavy atom. The van der Waals surface area contributed by atoms with Crippen LogP contribution in [0, 0.1) is 11.6 Å². The maximum Gasteiger partial charge on any atom is 0.344 e. The number of rotatable bonds is 7. The summed E-state index contributed by atoms with van der Waals surface area (Å²) in [7, 11) is 0. The highest BCUT2D eigenvalue weighted by Gasteiger charge is 2.14. The molecule has 0 radical (unpaired) electrons. The summed E-state index contributed by atoms with van der Waals surface area (Å²) >= 11 is 0. The summed E-state index contributed by atoms with van der Waals surface area (Å²) in [5, 5.41) is 2.60. The van der Waals surface area contributed by atoms with Crippen molar-refractivity contribution in [3.8, 4) is 16.9 Å². The molecule has 3 aromatic rings. The number of anilines is 1. The molecule has 0 fully saturated rings. The van der Waals surface area contributed by atoms with E-state index in [1.807, 2.05) is 0 Å². The Labute approximate surface area is 180 Å². The molecule has 0 saturated carbocycles. The molecule has 5 nitrogen and oxygen atoms in total. The first-order chi connectivity index (χ1) is 14.8. The van der Waals surface area contributed by atoms with Crippen molar-refractivity contribution >= 4 is 17.6 Å². The fourth-order valence-electron chi connectivity index (χ4n) is 2.85. The van der Waals surface area contributed by atoms with Crippen molar-refractivity contribution in [2.75, 3.05) is 11.9 Å². The fourth-order valence-corrected chi connectivity index (χ4v) is 2.85. The highest BCUT2D eigenvalue weighted by atomic mass is 19.1. The number of ether oxygens (including phenoxy) is 2.